The minimum atomic E-state index is -0.120. The monoisotopic (exact) mass is 408 g/mol. The maximum absolute atomic E-state index is 11.8. The van der Waals surface area contributed by atoms with Gasteiger partial charge >= 0.3 is 0 Å². The quantitative estimate of drug-likeness (QED) is 0.784. The number of hydrogen-bond acceptors (Lipinski definition) is 2. The maximum atomic E-state index is 11.8. The molecule has 0 aliphatic carbocycles. The van der Waals surface area contributed by atoms with Crippen molar-refractivity contribution >= 4 is 45.8 Å². The lowest BCUT2D eigenvalue weighted by atomic mass is 10.1. The Morgan fingerprint density at radius 3 is 2.53 bits per heavy atom. The van der Waals surface area contributed by atoms with Crippen molar-refractivity contribution in [2.24, 2.45) is 0 Å². The molecule has 2 rings (SSSR count). The number of halogens is 3. The average molecular weight is 409 g/mol. The number of hydrogen-bond donors (Lipinski definition) is 1. The molecular weight excluding hydrogens is 398 g/mol. The van der Waals surface area contributed by atoms with Gasteiger partial charge in [-0.3, -0.25) is 4.79 Å². The number of nitrogens with one attached hydrogen (secondary N) is 1. The van der Waals surface area contributed by atoms with E-state index >= 15 is 0 Å². The van der Waals surface area contributed by atoms with E-state index < -0.39 is 0 Å². The molecule has 0 radical (unpaired) electrons. The lowest BCUT2D eigenvalue weighted by Crippen LogP contribution is -2.18. The van der Waals surface area contributed by atoms with Gasteiger partial charge in [0.2, 0.25) is 0 Å². The van der Waals surface area contributed by atoms with Crippen LogP contribution < -0.4 is 5.56 Å². The highest BCUT2D eigenvalue weighted by atomic mass is 127. The molecule has 19 heavy (non-hydrogen) atoms. The third-order valence-electron chi connectivity index (χ3n) is 2.72. The fraction of sp³-hybridized carbons (Fsp3) is 0.231. The minimum Gasteiger partial charge on any atom is -0.309 e. The van der Waals surface area contributed by atoms with Crippen molar-refractivity contribution in [1.29, 1.82) is 0 Å². The lowest BCUT2D eigenvalue weighted by Gasteiger charge is -2.08. The molecule has 3 nitrogen and oxygen atoms in total. The normalized spacial score (nSPS) is 10.7. The molecule has 0 amide bonds. The Kier molecular flexibility index (Phi) is 4.86. The molecule has 0 atom stereocenters. The van der Waals surface area contributed by atoms with Gasteiger partial charge in [0.25, 0.3) is 5.56 Å². The van der Waals surface area contributed by atoms with Gasteiger partial charge in [-0.15, -0.1) is 0 Å². The predicted molar refractivity (Wildman–Crippen MR) is 86.2 cm³/mol. The molecule has 1 aromatic carbocycles. The second-order valence-electron chi connectivity index (χ2n) is 4.00. The van der Waals surface area contributed by atoms with Crippen LogP contribution in [0.1, 0.15) is 24.0 Å². The Labute approximate surface area is 134 Å². The van der Waals surface area contributed by atoms with Gasteiger partial charge in [0, 0.05) is 16.5 Å². The van der Waals surface area contributed by atoms with E-state index in [0.717, 1.165) is 11.3 Å². The van der Waals surface area contributed by atoms with E-state index in [1.54, 1.807) is 18.2 Å². The molecule has 0 bridgehead atoms. The second-order valence-corrected chi connectivity index (χ2v) is 5.90. The summed E-state index contributed by atoms with van der Waals surface area (Å²) in [4.78, 5) is 19.0. The summed E-state index contributed by atoms with van der Waals surface area (Å²) in [5.41, 5.74) is 1.45. The van der Waals surface area contributed by atoms with Crippen LogP contribution in [-0.2, 0) is 12.8 Å². The van der Waals surface area contributed by atoms with Gasteiger partial charge in [-0.1, -0.05) is 36.2 Å². The summed E-state index contributed by atoms with van der Waals surface area (Å²) >= 11 is 14.2. The fourth-order valence-corrected chi connectivity index (χ4v) is 2.91. The first kappa shape index (κ1) is 14.8. The van der Waals surface area contributed by atoms with Crippen LogP contribution in [0.25, 0.3) is 0 Å². The number of benzene rings is 1. The van der Waals surface area contributed by atoms with Crippen molar-refractivity contribution in [2.45, 2.75) is 19.8 Å². The summed E-state index contributed by atoms with van der Waals surface area (Å²) in [6.07, 6.45) is 1.13. The highest BCUT2D eigenvalue weighted by molar-refractivity contribution is 14.1. The third kappa shape index (κ3) is 3.30. The Morgan fingerprint density at radius 1 is 1.32 bits per heavy atom. The molecule has 1 heterocycles. The SMILES string of the molecule is CCc1nc(Cc2c(Cl)cccc2Cl)[nH]c(=O)c1I. The van der Waals surface area contributed by atoms with Gasteiger partial charge in [-0.05, 0) is 46.7 Å². The van der Waals surface area contributed by atoms with Gasteiger partial charge in [-0.25, -0.2) is 4.98 Å². The van der Waals surface area contributed by atoms with Gasteiger partial charge < -0.3 is 4.98 Å². The summed E-state index contributed by atoms with van der Waals surface area (Å²) in [7, 11) is 0. The second kappa shape index (κ2) is 6.24. The molecule has 2 aromatic rings. The van der Waals surface area contributed by atoms with Crippen molar-refractivity contribution in [1.82, 2.24) is 9.97 Å². The zero-order valence-electron chi connectivity index (χ0n) is 10.1. The molecule has 0 saturated heterocycles. The van der Waals surface area contributed by atoms with E-state index in [9.17, 15) is 4.79 Å². The molecular formula is C13H11Cl2IN2O. The van der Waals surface area contributed by atoms with Crippen molar-refractivity contribution in [3.8, 4) is 0 Å². The van der Waals surface area contributed by atoms with E-state index in [1.807, 2.05) is 29.5 Å². The molecule has 0 fully saturated rings. The molecule has 0 unspecified atom stereocenters. The summed E-state index contributed by atoms with van der Waals surface area (Å²) in [5.74, 6) is 0.581. The van der Waals surface area contributed by atoms with E-state index in [-0.39, 0.29) is 5.56 Å². The third-order valence-corrected chi connectivity index (χ3v) is 4.54. The predicted octanol–water partition coefficient (Wildman–Crippen LogP) is 3.83. The van der Waals surface area contributed by atoms with Gasteiger partial charge in [0.05, 0.1) is 9.26 Å². The van der Waals surface area contributed by atoms with E-state index in [0.29, 0.717) is 32.3 Å². The Hall–Kier alpha value is -0.590. The average Bonchev–Trinajstić information content (AvgIpc) is 2.38. The summed E-state index contributed by atoms with van der Waals surface area (Å²) in [6, 6.07) is 5.33. The smallest absolute Gasteiger partial charge is 0.264 e. The molecule has 100 valence electrons. The van der Waals surface area contributed by atoms with Crippen molar-refractivity contribution in [2.75, 3.05) is 0 Å². The van der Waals surface area contributed by atoms with Crippen LogP contribution in [0.5, 0.6) is 0 Å². The molecule has 0 spiro atoms. The zero-order chi connectivity index (χ0) is 14.0. The van der Waals surface area contributed by atoms with Crippen molar-refractivity contribution in [3.05, 3.63) is 59.3 Å². The van der Waals surface area contributed by atoms with Crippen LogP contribution in [-0.4, -0.2) is 9.97 Å². The van der Waals surface area contributed by atoms with Crippen LogP contribution in [0.4, 0.5) is 0 Å². The van der Waals surface area contributed by atoms with Gasteiger partial charge in [-0.2, -0.15) is 0 Å². The molecule has 6 heteroatoms. The topological polar surface area (TPSA) is 45.8 Å². The lowest BCUT2D eigenvalue weighted by molar-refractivity contribution is 0.876. The standard InChI is InChI=1S/C13H11Cl2IN2O/c1-2-10-12(16)13(19)18-11(17-10)6-7-8(14)4-3-5-9(7)15/h3-5H,2,6H2,1H3,(H,17,18,19). The highest BCUT2D eigenvalue weighted by Gasteiger charge is 2.11. The number of nitrogens with zero attached hydrogens (tertiary/aromatic N) is 1. The van der Waals surface area contributed by atoms with E-state index in [1.165, 1.54) is 0 Å². The number of aryl methyl sites for hydroxylation is 1. The molecule has 0 aliphatic heterocycles. The Balaban J connectivity index is 2.44. The van der Waals surface area contributed by atoms with Crippen LogP contribution >= 0.6 is 45.8 Å². The minimum absolute atomic E-state index is 0.120. The fourth-order valence-electron chi connectivity index (χ4n) is 1.74. The maximum Gasteiger partial charge on any atom is 0.264 e. The van der Waals surface area contributed by atoms with Gasteiger partial charge in [0.1, 0.15) is 5.82 Å². The van der Waals surface area contributed by atoms with Gasteiger partial charge in [0.15, 0.2) is 0 Å². The summed E-state index contributed by atoms with van der Waals surface area (Å²) in [5, 5.41) is 1.15. The molecule has 0 saturated carbocycles. The zero-order valence-corrected chi connectivity index (χ0v) is 13.8. The molecule has 1 aromatic heterocycles. The molecule has 1 N–H and O–H groups in total. The Morgan fingerprint density at radius 2 is 1.95 bits per heavy atom. The van der Waals surface area contributed by atoms with Crippen LogP contribution in [0, 0.1) is 3.57 Å². The van der Waals surface area contributed by atoms with Crippen LogP contribution in [0.2, 0.25) is 10.0 Å². The first-order valence-electron chi connectivity index (χ1n) is 5.73. The number of aromatic amines is 1. The number of rotatable bonds is 3. The van der Waals surface area contributed by atoms with Crippen molar-refractivity contribution < 1.29 is 0 Å². The first-order chi connectivity index (χ1) is 9.02. The number of H-pyrrole nitrogens is 1. The van der Waals surface area contributed by atoms with Crippen molar-refractivity contribution in [3.63, 3.8) is 0 Å². The van der Waals surface area contributed by atoms with E-state index in [4.69, 9.17) is 23.2 Å². The van der Waals surface area contributed by atoms with E-state index in [2.05, 4.69) is 9.97 Å². The molecule has 0 aliphatic rings. The van der Waals surface area contributed by atoms with Crippen LogP contribution in [0.15, 0.2) is 23.0 Å². The number of aromatic nitrogens is 2. The summed E-state index contributed by atoms with van der Waals surface area (Å²) in [6.45, 7) is 1.97. The van der Waals surface area contributed by atoms with Crippen LogP contribution in [0.3, 0.4) is 0 Å². The highest BCUT2D eigenvalue weighted by Crippen LogP contribution is 2.25. The summed E-state index contributed by atoms with van der Waals surface area (Å²) < 4.78 is 0.633. The largest absolute Gasteiger partial charge is 0.309 e. The Bertz CT molecular complexity index is 650. The first-order valence-corrected chi connectivity index (χ1v) is 7.56.